The van der Waals surface area contributed by atoms with Crippen LogP contribution in [0.15, 0.2) is 131 Å². The van der Waals surface area contributed by atoms with Crippen LogP contribution in [-0.4, -0.2) is 30.4 Å². The molecule has 6 nitrogen and oxygen atoms in total. The number of sulfonamides is 1. The lowest BCUT2D eigenvalue weighted by Gasteiger charge is -2.11. The average molecular weight is 650 g/mol. The van der Waals surface area contributed by atoms with Crippen molar-refractivity contribution >= 4 is 21.8 Å². The van der Waals surface area contributed by atoms with Gasteiger partial charge < -0.3 is 13.9 Å². The second-order valence-electron chi connectivity index (χ2n) is 11.1. The minimum Gasteiger partial charge on any atom is -0.494 e. The van der Waals surface area contributed by atoms with Crippen molar-refractivity contribution in [1.29, 1.82) is 0 Å². The van der Waals surface area contributed by atoms with Gasteiger partial charge in [0, 0.05) is 28.7 Å². The summed E-state index contributed by atoms with van der Waals surface area (Å²) in [6.07, 6.45) is 6.31. The Morgan fingerprint density at radius 2 is 1.11 bits per heavy atom. The van der Waals surface area contributed by atoms with E-state index < -0.39 is 10.0 Å². The summed E-state index contributed by atoms with van der Waals surface area (Å²) in [6.45, 7) is 8.87. The fraction of sp³-hybridized carbons (Fsp3) is 0.158. The largest absolute Gasteiger partial charge is 0.494 e. The Labute approximate surface area is 276 Å². The Balaban J connectivity index is 0.000000184. The van der Waals surface area contributed by atoms with E-state index in [0.717, 1.165) is 28.3 Å². The molecular formula is C38H39N3O3S2. The molecule has 0 amide bonds. The first-order chi connectivity index (χ1) is 22.0. The highest BCUT2D eigenvalue weighted by molar-refractivity contribution is 7.98. The molecule has 0 aliphatic carbocycles. The fourth-order valence-electron chi connectivity index (χ4n) is 5.22. The van der Waals surface area contributed by atoms with Crippen molar-refractivity contribution in [3.8, 4) is 39.6 Å². The van der Waals surface area contributed by atoms with E-state index in [0.29, 0.717) is 6.61 Å². The molecule has 6 rings (SSSR count). The molecule has 2 aromatic heterocycles. The number of aromatic nitrogens is 2. The van der Waals surface area contributed by atoms with E-state index in [9.17, 15) is 8.42 Å². The molecule has 4 aromatic carbocycles. The van der Waals surface area contributed by atoms with Crippen molar-refractivity contribution in [3.63, 3.8) is 0 Å². The number of aryl methyl sites for hydroxylation is 3. The predicted molar refractivity (Wildman–Crippen MR) is 191 cm³/mol. The predicted octanol–water partition coefficient (Wildman–Crippen LogP) is 8.98. The monoisotopic (exact) mass is 649 g/mol. The van der Waals surface area contributed by atoms with E-state index in [1.807, 2.05) is 48.9 Å². The summed E-state index contributed by atoms with van der Waals surface area (Å²) in [5, 5.41) is 5.16. The van der Waals surface area contributed by atoms with Gasteiger partial charge >= 0.3 is 0 Å². The Morgan fingerprint density at radius 1 is 0.652 bits per heavy atom. The minimum atomic E-state index is -3.69. The molecule has 6 aromatic rings. The summed E-state index contributed by atoms with van der Waals surface area (Å²) in [6, 6.07) is 36.2. The van der Waals surface area contributed by atoms with Gasteiger partial charge in [0.15, 0.2) is 0 Å². The van der Waals surface area contributed by atoms with Gasteiger partial charge in [-0.25, -0.2) is 13.6 Å². The lowest BCUT2D eigenvalue weighted by molar-refractivity contribution is 0.340. The Morgan fingerprint density at radius 3 is 1.54 bits per heavy atom. The number of hydrogen-bond donors (Lipinski definition) is 1. The van der Waals surface area contributed by atoms with Crippen LogP contribution >= 0.6 is 11.8 Å². The van der Waals surface area contributed by atoms with E-state index in [-0.39, 0.29) is 4.90 Å². The average Bonchev–Trinajstić information content (AvgIpc) is 3.64. The number of thioether (sulfide) groups is 1. The third-order valence-electron chi connectivity index (χ3n) is 7.52. The first kappa shape index (κ1) is 32.9. The van der Waals surface area contributed by atoms with Gasteiger partial charge in [0.2, 0.25) is 10.0 Å². The molecule has 0 aliphatic rings. The van der Waals surface area contributed by atoms with Crippen LogP contribution in [0, 0.1) is 20.8 Å². The van der Waals surface area contributed by atoms with Crippen LogP contribution in [0.3, 0.4) is 0 Å². The summed E-state index contributed by atoms with van der Waals surface area (Å²) in [4.78, 5) is 1.39. The molecule has 8 heteroatoms. The van der Waals surface area contributed by atoms with Crippen molar-refractivity contribution in [2.75, 3.05) is 12.9 Å². The summed E-state index contributed by atoms with van der Waals surface area (Å²) < 4.78 is 32.6. The second kappa shape index (κ2) is 14.3. The summed E-state index contributed by atoms with van der Waals surface area (Å²) in [7, 11) is -3.69. The normalized spacial score (nSPS) is 11.2. The van der Waals surface area contributed by atoms with Crippen LogP contribution < -0.4 is 9.88 Å². The third-order valence-corrected chi connectivity index (χ3v) is 9.19. The maximum absolute atomic E-state index is 11.4. The van der Waals surface area contributed by atoms with Crippen LogP contribution in [0.2, 0.25) is 0 Å². The van der Waals surface area contributed by atoms with Crippen LogP contribution in [0.4, 0.5) is 0 Å². The van der Waals surface area contributed by atoms with Gasteiger partial charge in [-0.05, 0) is 141 Å². The molecule has 0 radical (unpaired) electrons. The molecule has 46 heavy (non-hydrogen) atoms. The van der Waals surface area contributed by atoms with Crippen molar-refractivity contribution in [2.24, 2.45) is 5.14 Å². The molecule has 2 N–H and O–H groups in total. The highest BCUT2D eigenvalue weighted by atomic mass is 32.2. The molecule has 0 unspecified atom stereocenters. The van der Waals surface area contributed by atoms with Crippen LogP contribution in [0.25, 0.3) is 33.9 Å². The van der Waals surface area contributed by atoms with Gasteiger partial charge in [-0.1, -0.05) is 29.8 Å². The number of benzene rings is 4. The minimum absolute atomic E-state index is 0.0998. The van der Waals surface area contributed by atoms with Crippen LogP contribution in [0.5, 0.6) is 5.75 Å². The topological polar surface area (TPSA) is 79.2 Å². The van der Waals surface area contributed by atoms with Gasteiger partial charge in [-0.15, -0.1) is 11.8 Å². The van der Waals surface area contributed by atoms with Gasteiger partial charge in [0.25, 0.3) is 0 Å². The molecule has 2 heterocycles. The SMILES string of the molecule is CCOc1ccc(-c2cc(C)cn2-c2ccc(S(N)(=O)=O)cc2)cc1.CSc1ccc(-n2cc(C)cc2-c2ccc(C)cc2)cc1. The summed E-state index contributed by atoms with van der Waals surface area (Å²) in [5.41, 5.74) is 10.3. The summed E-state index contributed by atoms with van der Waals surface area (Å²) in [5.74, 6) is 0.832. The first-order valence-corrected chi connectivity index (χ1v) is 17.8. The number of nitrogens with two attached hydrogens (primary N) is 1. The number of nitrogens with zero attached hydrogens (tertiary/aromatic N) is 2. The van der Waals surface area contributed by atoms with Crippen LogP contribution in [0.1, 0.15) is 23.6 Å². The second-order valence-corrected chi connectivity index (χ2v) is 13.5. The van der Waals surface area contributed by atoms with E-state index >= 15 is 0 Å². The lowest BCUT2D eigenvalue weighted by atomic mass is 10.1. The van der Waals surface area contributed by atoms with Gasteiger partial charge in [-0.2, -0.15) is 0 Å². The van der Waals surface area contributed by atoms with Gasteiger partial charge in [0.05, 0.1) is 22.9 Å². The van der Waals surface area contributed by atoms with Crippen molar-refractivity contribution in [1.82, 2.24) is 9.13 Å². The summed E-state index contributed by atoms with van der Waals surface area (Å²) >= 11 is 1.77. The number of primary sulfonamides is 1. The Kier molecular flexibility index (Phi) is 10.2. The zero-order chi connectivity index (χ0) is 32.8. The molecule has 0 bridgehead atoms. The van der Waals surface area contributed by atoms with Crippen molar-refractivity contribution in [2.45, 2.75) is 37.5 Å². The Hall–Kier alpha value is -4.50. The standard InChI is InChI=1S/C19H20N2O3S.C19H19NS/c1-3-24-17-8-4-15(5-9-17)19-12-14(2)13-21(19)16-6-10-18(11-7-16)25(20,22)23;1-14-4-6-16(7-5-14)19-12-15(2)13-20(19)17-8-10-18(21-3)11-9-17/h4-13H,3H2,1-2H3,(H2,20,22,23);4-13H,1-3H3. The molecule has 0 atom stereocenters. The number of rotatable bonds is 8. The van der Waals surface area contributed by atoms with Crippen molar-refractivity contribution in [3.05, 3.63) is 138 Å². The molecular weight excluding hydrogens is 611 g/mol. The highest BCUT2D eigenvalue weighted by Gasteiger charge is 2.12. The molecule has 0 aliphatic heterocycles. The maximum Gasteiger partial charge on any atom is 0.238 e. The third kappa shape index (κ3) is 7.83. The molecule has 0 saturated heterocycles. The van der Waals surface area contributed by atoms with Crippen molar-refractivity contribution < 1.29 is 13.2 Å². The first-order valence-electron chi connectivity index (χ1n) is 15.0. The maximum atomic E-state index is 11.4. The lowest BCUT2D eigenvalue weighted by Crippen LogP contribution is -2.12. The smallest absolute Gasteiger partial charge is 0.238 e. The zero-order valence-electron chi connectivity index (χ0n) is 26.8. The quantitative estimate of drug-likeness (QED) is 0.167. The molecule has 236 valence electrons. The van der Waals surface area contributed by atoms with Crippen LogP contribution in [-0.2, 0) is 10.0 Å². The molecule has 0 saturated carbocycles. The molecule has 0 spiro atoms. The van der Waals surface area contributed by atoms with Gasteiger partial charge in [-0.3, -0.25) is 0 Å². The zero-order valence-corrected chi connectivity index (χ0v) is 28.4. The number of ether oxygens (including phenoxy) is 1. The molecule has 0 fully saturated rings. The Bertz CT molecular complexity index is 2010. The van der Waals surface area contributed by atoms with Gasteiger partial charge in [0.1, 0.15) is 5.75 Å². The highest BCUT2D eigenvalue weighted by Crippen LogP contribution is 2.29. The van der Waals surface area contributed by atoms with E-state index in [2.05, 4.69) is 91.5 Å². The number of hydrogen-bond acceptors (Lipinski definition) is 4. The van der Waals surface area contributed by atoms with E-state index in [1.54, 1.807) is 23.9 Å². The van der Waals surface area contributed by atoms with E-state index in [1.165, 1.54) is 45.1 Å². The van der Waals surface area contributed by atoms with E-state index in [4.69, 9.17) is 9.88 Å². The fourth-order valence-corrected chi connectivity index (χ4v) is 6.14.